The van der Waals surface area contributed by atoms with Crippen molar-refractivity contribution in [2.75, 3.05) is 18.4 Å². The summed E-state index contributed by atoms with van der Waals surface area (Å²) in [5.41, 5.74) is 1.17. The van der Waals surface area contributed by atoms with Crippen LogP contribution in [0.3, 0.4) is 0 Å². The number of nitrogens with one attached hydrogen (secondary N) is 3. The molecule has 0 atom stereocenters. The number of benzene rings is 2. The lowest BCUT2D eigenvalue weighted by atomic mass is 10.1. The normalized spacial score (nSPS) is 10.3. The van der Waals surface area contributed by atoms with Gasteiger partial charge in [0.25, 0.3) is 17.7 Å². The average Bonchev–Trinajstić information content (AvgIpc) is 3.29. The van der Waals surface area contributed by atoms with Crippen LogP contribution in [0.2, 0.25) is 0 Å². The van der Waals surface area contributed by atoms with E-state index in [9.17, 15) is 19.5 Å². The monoisotopic (exact) mass is 423 g/mol. The minimum atomic E-state index is -0.309. The Kier molecular flexibility index (Phi) is 7.18. The van der Waals surface area contributed by atoms with Crippen molar-refractivity contribution >= 4 is 34.7 Å². The van der Waals surface area contributed by atoms with Gasteiger partial charge in [0.2, 0.25) is 0 Å². The van der Waals surface area contributed by atoms with E-state index in [-0.39, 0.29) is 23.5 Å². The predicted octanol–water partition coefficient (Wildman–Crippen LogP) is 3.26. The first-order valence-corrected chi connectivity index (χ1v) is 10.2. The number of hydrogen-bond acceptors (Lipinski definition) is 5. The zero-order valence-electron chi connectivity index (χ0n) is 16.1. The predicted molar refractivity (Wildman–Crippen MR) is 116 cm³/mol. The molecule has 1 heterocycles. The van der Waals surface area contributed by atoms with Crippen molar-refractivity contribution in [3.63, 3.8) is 0 Å². The van der Waals surface area contributed by atoms with Crippen LogP contribution in [0.4, 0.5) is 5.69 Å². The maximum Gasteiger partial charge on any atom is 0.265 e. The molecule has 2 aromatic carbocycles. The minimum Gasteiger partial charge on any atom is -0.508 e. The fourth-order valence-electron chi connectivity index (χ4n) is 2.72. The number of para-hydroxylation sites is 1. The fourth-order valence-corrected chi connectivity index (χ4v) is 3.34. The zero-order valence-corrected chi connectivity index (χ0v) is 16.9. The van der Waals surface area contributed by atoms with Gasteiger partial charge < -0.3 is 21.1 Å². The molecule has 0 saturated heterocycles. The molecule has 0 bridgehead atoms. The Hall–Kier alpha value is -3.65. The lowest BCUT2D eigenvalue weighted by Gasteiger charge is -2.11. The van der Waals surface area contributed by atoms with Crippen LogP contribution in [-0.2, 0) is 0 Å². The standard InChI is InChI=1S/C22H21N3O4S/c26-16-7-3-6-15(14-16)20(27)23-11-5-12-24-21(28)17-8-1-2-9-18(17)25-22(29)19-10-4-13-30-19/h1-4,6-10,13-14,26H,5,11-12H2,(H,23,27)(H,24,28)(H,25,29). The molecule has 4 N–H and O–H groups in total. The van der Waals surface area contributed by atoms with Gasteiger partial charge in [-0.25, -0.2) is 0 Å². The lowest BCUT2D eigenvalue weighted by Crippen LogP contribution is -2.30. The first-order valence-electron chi connectivity index (χ1n) is 9.34. The molecule has 1 aromatic heterocycles. The minimum absolute atomic E-state index is 0.0275. The Morgan fingerprint density at radius 2 is 1.60 bits per heavy atom. The van der Waals surface area contributed by atoms with Crippen molar-refractivity contribution < 1.29 is 19.5 Å². The van der Waals surface area contributed by atoms with E-state index < -0.39 is 0 Å². The lowest BCUT2D eigenvalue weighted by molar-refractivity contribution is 0.0951. The van der Waals surface area contributed by atoms with Crippen molar-refractivity contribution in [2.45, 2.75) is 6.42 Å². The summed E-state index contributed by atoms with van der Waals surface area (Å²) < 4.78 is 0. The fraction of sp³-hybridized carbons (Fsp3) is 0.136. The van der Waals surface area contributed by atoms with Crippen LogP contribution in [0.15, 0.2) is 66.0 Å². The van der Waals surface area contributed by atoms with Gasteiger partial charge >= 0.3 is 0 Å². The second-order valence-electron chi connectivity index (χ2n) is 6.39. The van der Waals surface area contributed by atoms with Gasteiger partial charge in [-0.15, -0.1) is 11.3 Å². The Balaban J connectivity index is 1.47. The molecule has 30 heavy (non-hydrogen) atoms. The van der Waals surface area contributed by atoms with Gasteiger partial charge in [0.15, 0.2) is 0 Å². The van der Waals surface area contributed by atoms with Gasteiger partial charge in [0.05, 0.1) is 16.1 Å². The highest BCUT2D eigenvalue weighted by atomic mass is 32.1. The van der Waals surface area contributed by atoms with Gasteiger partial charge in [-0.2, -0.15) is 0 Å². The number of aromatic hydroxyl groups is 1. The molecule has 0 aliphatic carbocycles. The van der Waals surface area contributed by atoms with Crippen LogP contribution in [0, 0.1) is 0 Å². The quantitative estimate of drug-likeness (QED) is 0.417. The van der Waals surface area contributed by atoms with Gasteiger partial charge in [-0.05, 0) is 48.2 Å². The van der Waals surface area contributed by atoms with E-state index in [1.165, 1.54) is 23.5 Å². The summed E-state index contributed by atoms with van der Waals surface area (Å²) in [5.74, 6) is -0.838. The van der Waals surface area contributed by atoms with Crippen LogP contribution >= 0.6 is 11.3 Å². The van der Waals surface area contributed by atoms with E-state index >= 15 is 0 Å². The van der Waals surface area contributed by atoms with E-state index in [0.717, 1.165) is 0 Å². The van der Waals surface area contributed by atoms with Crippen LogP contribution in [0.25, 0.3) is 0 Å². The molecular formula is C22H21N3O4S. The Morgan fingerprint density at radius 3 is 2.33 bits per heavy atom. The highest BCUT2D eigenvalue weighted by molar-refractivity contribution is 7.12. The molecule has 3 aromatic rings. The zero-order chi connectivity index (χ0) is 21.3. The van der Waals surface area contributed by atoms with Crippen LogP contribution in [0.5, 0.6) is 5.75 Å². The van der Waals surface area contributed by atoms with Crippen LogP contribution in [-0.4, -0.2) is 35.9 Å². The van der Waals surface area contributed by atoms with Gasteiger partial charge in [-0.1, -0.05) is 24.3 Å². The summed E-state index contributed by atoms with van der Waals surface area (Å²) in [6.07, 6.45) is 0.528. The van der Waals surface area contributed by atoms with Gasteiger partial charge in [0.1, 0.15) is 5.75 Å². The first-order chi connectivity index (χ1) is 14.5. The second-order valence-corrected chi connectivity index (χ2v) is 7.34. The van der Waals surface area contributed by atoms with Crippen molar-refractivity contribution in [1.82, 2.24) is 10.6 Å². The van der Waals surface area contributed by atoms with E-state index in [1.807, 2.05) is 5.38 Å². The number of thiophene rings is 1. The molecule has 0 aliphatic rings. The number of carbonyl (C=O) groups is 3. The maximum atomic E-state index is 12.5. The van der Waals surface area contributed by atoms with Crippen molar-refractivity contribution in [3.8, 4) is 5.75 Å². The Labute approximate surface area is 177 Å². The number of carbonyl (C=O) groups excluding carboxylic acids is 3. The molecule has 3 rings (SSSR count). The molecule has 0 aliphatic heterocycles. The third-order valence-corrected chi connectivity index (χ3v) is 5.07. The molecule has 0 unspecified atom stereocenters. The van der Waals surface area contributed by atoms with E-state index in [4.69, 9.17) is 0 Å². The Bertz CT molecular complexity index is 1030. The van der Waals surface area contributed by atoms with Crippen molar-refractivity contribution in [1.29, 1.82) is 0 Å². The summed E-state index contributed by atoms with van der Waals surface area (Å²) in [6, 6.07) is 16.4. The molecule has 154 valence electrons. The highest BCUT2D eigenvalue weighted by Gasteiger charge is 2.14. The van der Waals surface area contributed by atoms with E-state index in [0.29, 0.717) is 41.2 Å². The molecular weight excluding hydrogens is 402 g/mol. The van der Waals surface area contributed by atoms with Crippen LogP contribution < -0.4 is 16.0 Å². The molecule has 0 fully saturated rings. The third-order valence-electron chi connectivity index (χ3n) is 4.20. The largest absolute Gasteiger partial charge is 0.508 e. The topological polar surface area (TPSA) is 108 Å². The number of hydrogen-bond donors (Lipinski definition) is 4. The molecule has 8 heteroatoms. The Morgan fingerprint density at radius 1 is 0.833 bits per heavy atom. The number of phenols is 1. The van der Waals surface area contributed by atoms with Crippen molar-refractivity contribution in [2.24, 2.45) is 0 Å². The number of rotatable bonds is 8. The highest BCUT2D eigenvalue weighted by Crippen LogP contribution is 2.18. The summed E-state index contributed by atoms with van der Waals surface area (Å²) in [6.45, 7) is 0.720. The number of amides is 3. The SMILES string of the molecule is O=C(NCCCNC(=O)c1ccccc1NC(=O)c1cccs1)c1cccc(O)c1. The second kappa shape index (κ2) is 10.2. The molecule has 3 amide bonds. The van der Waals surface area contributed by atoms with E-state index in [1.54, 1.807) is 48.5 Å². The summed E-state index contributed by atoms with van der Waals surface area (Å²) in [7, 11) is 0. The average molecular weight is 423 g/mol. The van der Waals surface area contributed by atoms with E-state index in [2.05, 4.69) is 16.0 Å². The number of phenolic OH excluding ortho intramolecular Hbond substituents is 1. The molecule has 0 spiro atoms. The maximum absolute atomic E-state index is 12.5. The third kappa shape index (κ3) is 5.68. The van der Waals surface area contributed by atoms with Gasteiger partial charge in [0, 0.05) is 18.7 Å². The smallest absolute Gasteiger partial charge is 0.265 e. The van der Waals surface area contributed by atoms with Crippen molar-refractivity contribution in [3.05, 3.63) is 82.0 Å². The summed E-state index contributed by atoms with van der Waals surface area (Å²) in [4.78, 5) is 37.4. The summed E-state index contributed by atoms with van der Waals surface area (Å²) in [5, 5.41) is 19.5. The molecule has 0 saturated carbocycles. The molecule has 0 radical (unpaired) electrons. The first kappa shape index (κ1) is 21.1. The number of anilines is 1. The molecule has 7 nitrogen and oxygen atoms in total. The summed E-state index contributed by atoms with van der Waals surface area (Å²) >= 11 is 1.32. The van der Waals surface area contributed by atoms with Crippen LogP contribution in [0.1, 0.15) is 36.8 Å². The van der Waals surface area contributed by atoms with Gasteiger partial charge in [-0.3, -0.25) is 14.4 Å².